The van der Waals surface area contributed by atoms with Crippen molar-refractivity contribution in [1.82, 2.24) is 0 Å². The van der Waals surface area contributed by atoms with E-state index in [1.165, 1.54) is 44.2 Å². The Labute approximate surface area is 199 Å². The van der Waals surface area contributed by atoms with Crippen molar-refractivity contribution in [2.75, 3.05) is 26.6 Å². The minimum Gasteiger partial charge on any atom is -0.496 e. The van der Waals surface area contributed by atoms with Crippen LogP contribution in [0.2, 0.25) is 19.1 Å². The summed E-state index contributed by atoms with van der Waals surface area (Å²) in [5, 5.41) is 4.04. The van der Waals surface area contributed by atoms with E-state index in [4.69, 9.17) is 23.7 Å². The number of ketones is 1. The zero-order valence-corrected chi connectivity index (χ0v) is 21.2. The Hall–Kier alpha value is -3.46. The van der Waals surface area contributed by atoms with Crippen LogP contribution >= 0.6 is 0 Å². The molecular weight excluding hydrogens is 454 g/mol. The molecule has 34 heavy (non-hydrogen) atoms. The van der Waals surface area contributed by atoms with E-state index in [0.29, 0.717) is 23.0 Å². The quantitative estimate of drug-likeness (QED) is 0.477. The van der Waals surface area contributed by atoms with Crippen LogP contribution < -0.4 is 29.5 Å². The predicted octanol–water partition coefficient (Wildman–Crippen LogP) is 3.32. The Kier molecular flexibility index (Phi) is 6.31. The normalized spacial score (nSPS) is 18.0. The summed E-state index contributed by atoms with van der Waals surface area (Å²) >= 11 is 0. The smallest absolute Gasteiger partial charge is 0.289 e. The Morgan fingerprint density at radius 3 is 2.32 bits per heavy atom. The molecule has 0 saturated carbocycles. The number of hydrogen-bond acceptors (Lipinski definition) is 7. The highest BCUT2D eigenvalue weighted by atomic mass is 28.3. The zero-order valence-electron chi connectivity index (χ0n) is 20.2. The Bertz CT molecular complexity index is 1160. The Morgan fingerprint density at radius 1 is 1.03 bits per heavy atom. The molecule has 1 N–H and O–H groups in total. The summed E-state index contributed by atoms with van der Waals surface area (Å²) in [6, 6.07) is 8.63. The number of amides is 1. The summed E-state index contributed by atoms with van der Waals surface area (Å²) in [4.78, 5) is 25.5. The lowest BCUT2D eigenvalue weighted by atomic mass is 10.1. The second kappa shape index (κ2) is 9.06. The number of fused-ring (bicyclic) bond motifs is 1. The molecular formula is C25H29NO7Si. The molecule has 0 aromatic heterocycles. The first kappa shape index (κ1) is 23.7. The molecule has 1 unspecified atom stereocenters. The van der Waals surface area contributed by atoms with Crippen molar-refractivity contribution in [3.8, 4) is 23.0 Å². The fourth-order valence-electron chi connectivity index (χ4n) is 4.34. The number of ether oxygens (including phenoxy) is 5. The molecule has 0 saturated heterocycles. The number of rotatable bonds is 7. The van der Waals surface area contributed by atoms with Gasteiger partial charge < -0.3 is 29.0 Å². The second-order valence-electron chi connectivity index (χ2n) is 9.02. The molecule has 4 rings (SSSR count). The second-order valence-corrected chi connectivity index (χ2v) is 13.8. The number of carbonyl (C=O) groups excluding carboxylic acids is 2. The number of aryl methyl sites for hydroxylation is 2. The van der Waals surface area contributed by atoms with Gasteiger partial charge in [0.15, 0.2) is 0 Å². The summed E-state index contributed by atoms with van der Waals surface area (Å²) in [5.74, 6) is 0.598. The van der Waals surface area contributed by atoms with Crippen LogP contribution in [0.4, 0.5) is 5.69 Å². The van der Waals surface area contributed by atoms with Crippen molar-refractivity contribution in [2.24, 2.45) is 0 Å². The number of methoxy groups -OCH3 is 3. The van der Waals surface area contributed by atoms with E-state index in [0.717, 1.165) is 12.0 Å². The van der Waals surface area contributed by atoms with E-state index in [-0.39, 0.29) is 11.6 Å². The molecule has 0 fully saturated rings. The van der Waals surface area contributed by atoms with E-state index in [1.54, 1.807) is 12.1 Å². The van der Waals surface area contributed by atoms with Crippen LogP contribution in [0.25, 0.3) is 0 Å². The monoisotopic (exact) mass is 483 g/mol. The molecule has 0 bridgehead atoms. The van der Waals surface area contributed by atoms with Crippen LogP contribution in [0.5, 0.6) is 23.0 Å². The third kappa shape index (κ3) is 4.35. The molecule has 8 nitrogen and oxygen atoms in total. The fraction of sp³-hybridized carbons (Fsp3) is 0.360. The number of nitrogens with one attached hydrogen (secondary N) is 1. The van der Waals surface area contributed by atoms with E-state index in [2.05, 4.69) is 30.5 Å². The molecule has 2 aromatic rings. The summed E-state index contributed by atoms with van der Waals surface area (Å²) in [5.41, 5.74) is 2.60. The molecule has 2 heterocycles. The first-order valence-corrected chi connectivity index (χ1v) is 14.2. The average molecular weight is 484 g/mol. The zero-order chi connectivity index (χ0) is 24.6. The lowest BCUT2D eigenvalue weighted by Crippen LogP contribution is -2.37. The molecule has 2 aliphatic rings. The maximum atomic E-state index is 12.9. The Morgan fingerprint density at radius 2 is 1.71 bits per heavy atom. The summed E-state index contributed by atoms with van der Waals surface area (Å²) in [6.45, 7) is 6.65. The van der Waals surface area contributed by atoms with Gasteiger partial charge in [0.05, 0.1) is 35.5 Å². The molecule has 1 amide bonds. The van der Waals surface area contributed by atoms with Crippen LogP contribution in [0.3, 0.4) is 0 Å². The van der Waals surface area contributed by atoms with Crippen LogP contribution in [0.15, 0.2) is 36.3 Å². The summed E-state index contributed by atoms with van der Waals surface area (Å²) in [6.07, 6.45) is 0.919. The van der Waals surface area contributed by atoms with Crippen molar-refractivity contribution in [3.63, 3.8) is 0 Å². The van der Waals surface area contributed by atoms with Crippen LogP contribution in [0, 0.1) is 6.92 Å². The van der Waals surface area contributed by atoms with Gasteiger partial charge in [0, 0.05) is 12.1 Å². The van der Waals surface area contributed by atoms with Crippen molar-refractivity contribution >= 4 is 30.6 Å². The first-order valence-electron chi connectivity index (χ1n) is 11.0. The van der Waals surface area contributed by atoms with Gasteiger partial charge in [-0.15, -0.1) is 0 Å². The summed E-state index contributed by atoms with van der Waals surface area (Å²) < 4.78 is 27.5. The largest absolute Gasteiger partial charge is 0.496 e. The molecule has 2 aliphatic heterocycles. The van der Waals surface area contributed by atoms with Gasteiger partial charge in [-0.25, -0.2) is 0 Å². The van der Waals surface area contributed by atoms with E-state index < -0.39 is 25.9 Å². The van der Waals surface area contributed by atoms with Crippen molar-refractivity contribution < 1.29 is 33.3 Å². The highest BCUT2D eigenvalue weighted by molar-refractivity contribution is 6.91. The molecule has 9 heteroatoms. The van der Waals surface area contributed by atoms with Gasteiger partial charge in [-0.3, -0.25) is 9.59 Å². The van der Waals surface area contributed by atoms with Gasteiger partial charge in [-0.2, -0.15) is 0 Å². The molecule has 180 valence electrons. The molecule has 2 aromatic carbocycles. The molecule has 1 atom stereocenters. The van der Waals surface area contributed by atoms with Crippen molar-refractivity contribution in [1.29, 1.82) is 0 Å². The molecule has 0 aliphatic carbocycles. The standard InChI is InChI=1S/C25H29NO7Si/c1-14-9-15-7-8-34(5,6)21(15)13-18(14)32-22-12-17(27)24(33-22)25(28)26-23-19(30-3)10-16(29-2)11-20(23)31-4/h9-13,24H,7-8H2,1-6H3,(H,26,28). The van der Waals surface area contributed by atoms with Gasteiger partial charge in [-0.05, 0) is 36.6 Å². The highest BCUT2D eigenvalue weighted by Crippen LogP contribution is 2.39. The SMILES string of the molecule is COc1cc(OC)c(NC(=O)C2OC(Oc3cc4c(cc3C)CC[Si]4(C)C)=CC2=O)c(OC)c1. The number of anilines is 1. The highest BCUT2D eigenvalue weighted by Gasteiger charge is 2.37. The summed E-state index contributed by atoms with van der Waals surface area (Å²) in [7, 11) is 2.93. The van der Waals surface area contributed by atoms with Crippen molar-refractivity contribution in [2.45, 2.75) is 38.6 Å². The van der Waals surface area contributed by atoms with Gasteiger partial charge in [0.25, 0.3) is 11.9 Å². The van der Waals surface area contributed by atoms with Gasteiger partial charge in [0.1, 0.15) is 28.7 Å². The fourth-order valence-corrected chi connectivity index (χ4v) is 7.09. The van der Waals surface area contributed by atoms with Crippen LogP contribution in [-0.2, 0) is 20.7 Å². The average Bonchev–Trinajstić information content (AvgIpc) is 3.32. The van der Waals surface area contributed by atoms with Gasteiger partial charge >= 0.3 is 0 Å². The third-order valence-corrected chi connectivity index (χ3v) is 9.74. The van der Waals surface area contributed by atoms with Crippen LogP contribution in [0.1, 0.15) is 11.1 Å². The number of carbonyl (C=O) groups is 2. The van der Waals surface area contributed by atoms with E-state index >= 15 is 0 Å². The van der Waals surface area contributed by atoms with Gasteiger partial charge in [-0.1, -0.05) is 24.3 Å². The maximum absolute atomic E-state index is 12.9. The number of benzene rings is 2. The minimum atomic E-state index is -1.49. The maximum Gasteiger partial charge on any atom is 0.289 e. The van der Waals surface area contributed by atoms with E-state index in [1.807, 2.05) is 6.92 Å². The van der Waals surface area contributed by atoms with E-state index in [9.17, 15) is 9.59 Å². The minimum absolute atomic E-state index is 0.000620. The molecule has 0 spiro atoms. The first-order chi connectivity index (χ1) is 16.2. The van der Waals surface area contributed by atoms with Gasteiger partial charge in [0.2, 0.25) is 11.9 Å². The topological polar surface area (TPSA) is 92.3 Å². The predicted molar refractivity (Wildman–Crippen MR) is 130 cm³/mol. The van der Waals surface area contributed by atoms with Crippen LogP contribution in [-0.4, -0.2) is 47.2 Å². The lowest BCUT2D eigenvalue weighted by molar-refractivity contribution is -0.134. The molecule has 0 radical (unpaired) electrons. The lowest BCUT2D eigenvalue weighted by Gasteiger charge is -2.19. The van der Waals surface area contributed by atoms with Crippen molar-refractivity contribution in [3.05, 3.63) is 47.4 Å². The third-order valence-electron chi connectivity index (χ3n) is 6.31. The number of hydrogen-bond donors (Lipinski definition) is 1. The Balaban J connectivity index is 1.51.